The Balaban J connectivity index is 1.07. The number of para-hydroxylation sites is 2. The number of fused-ring (bicyclic) bond motifs is 18. The van der Waals surface area contributed by atoms with Crippen LogP contribution in [-0.2, 0) is 0 Å². The van der Waals surface area contributed by atoms with Gasteiger partial charge in [0, 0.05) is 39.1 Å². The molecule has 69 heavy (non-hydrogen) atoms. The molecule has 0 amide bonds. The maximum atomic E-state index is 6.05. The van der Waals surface area contributed by atoms with Gasteiger partial charge in [-0.15, -0.1) is 0 Å². The van der Waals surface area contributed by atoms with E-state index in [0.717, 1.165) is 17.7 Å². The Morgan fingerprint density at radius 1 is 0.377 bits per heavy atom. The van der Waals surface area contributed by atoms with Crippen LogP contribution in [0.1, 0.15) is 42.2 Å². The number of aliphatic imine (C=N–C) groups is 1. The molecule has 324 valence electrons. The molecule has 0 spiro atoms. The van der Waals surface area contributed by atoms with E-state index >= 15 is 0 Å². The highest BCUT2D eigenvalue weighted by atomic mass is 15.1. The van der Waals surface area contributed by atoms with Crippen LogP contribution in [0.5, 0.6) is 0 Å². The lowest BCUT2D eigenvalue weighted by Crippen LogP contribution is -2.40. The molecule has 12 aromatic carbocycles. The number of benzene rings is 12. The number of hydrogen-bond acceptors (Lipinski definition) is 2. The Morgan fingerprint density at radius 3 is 1.41 bits per heavy atom. The van der Waals surface area contributed by atoms with Crippen molar-refractivity contribution in [3.8, 4) is 11.1 Å². The molecule has 1 aliphatic rings. The standard InChI is InChI=1S/C66H45N3/c1-2-41-63(39-18-4-3-5-19-39)67-66(40-32-33-50-46-24-7-6-20-42(46)43-21-8-11-25-47(43)55(50)36-40)68-64(41)59-38-57-49-27-13-10-23-45(49)44-22-9-12-26-48(44)56(57)37-58(59)52-34-35-53-51-28-14-16-30-60(51)69-61-31-17-15-29-54(61)62(52)65(53)69/h3-38,41,63,66-67H,2H2,1H3. The summed E-state index contributed by atoms with van der Waals surface area (Å²) < 4.78 is 2.51. The Kier molecular flexibility index (Phi) is 8.31. The Labute approximate surface area is 398 Å². The minimum absolute atomic E-state index is 0.00975. The zero-order valence-electron chi connectivity index (χ0n) is 38.1. The Bertz CT molecular complexity index is 4430. The summed E-state index contributed by atoms with van der Waals surface area (Å²) >= 11 is 0. The van der Waals surface area contributed by atoms with Gasteiger partial charge in [-0.1, -0.05) is 195 Å². The number of nitrogens with zero attached hydrogens (tertiary/aromatic N) is 2. The van der Waals surface area contributed by atoms with Gasteiger partial charge in [0.15, 0.2) is 0 Å². The molecule has 0 fully saturated rings. The lowest BCUT2D eigenvalue weighted by molar-refractivity contribution is 0.358. The molecule has 3 atom stereocenters. The first-order valence-electron chi connectivity index (χ1n) is 24.5. The van der Waals surface area contributed by atoms with Gasteiger partial charge < -0.3 is 4.40 Å². The first-order chi connectivity index (χ1) is 34.2. The number of aromatic nitrogens is 1. The molecular weight excluding hydrogens is 835 g/mol. The van der Waals surface area contributed by atoms with Crippen molar-refractivity contribution in [2.24, 2.45) is 10.9 Å². The molecule has 14 aromatic rings. The van der Waals surface area contributed by atoms with E-state index in [4.69, 9.17) is 4.99 Å². The van der Waals surface area contributed by atoms with Crippen LogP contribution in [-0.4, -0.2) is 10.1 Å². The summed E-state index contributed by atoms with van der Waals surface area (Å²) in [6, 6.07) is 81.6. The summed E-state index contributed by atoms with van der Waals surface area (Å²) in [7, 11) is 0. The molecule has 3 unspecified atom stereocenters. The van der Waals surface area contributed by atoms with Crippen molar-refractivity contribution >= 4 is 108 Å². The van der Waals surface area contributed by atoms with Crippen molar-refractivity contribution < 1.29 is 0 Å². The van der Waals surface area contributed by atoms with E-state index in [1.165, 1.54) is 125 Å². The van der Waals surface area contributed by atoms with Gasteiger partial charge in [0.1, 0.15) is 6.17 Å². The van der Waals surface area contributed by atoms with Gasteiger partial charge in [0.2, 0.25) is 0 Å². The minimum Gasteiger partial charge on any atom is -0.308 e. The van der Waals surface area contributed by atoms with Gasteiger partial charge in [0.25, 0.3) is 0 Å². The van der Waals surface area contributed by atoms with Gasteiger partial charge in [-0.25, -0.2) is 0 Å². The molecule has 0 radical (unpaired) electrons. The molecule has 1 aliphatic heterocycles. The molecule has 0 bridgehead atoms. The summed E-state index contributed by atoms with van der Waals surface area (Å²) in [4.78, 5) is 6.05. The molecule has 2 aromatic heterocycles. The maximum absolute atomic E-state index is 6.05. The highest BCUT2D eigenvalue weighted by molar-refractivity contribution is 6.31. The number of nitrogens with one attached hydrogen (secondary N) is 1. The summed E-state index contributed by atoms with van der Waals surface area (Å²) in [6.07, 6.45) is 0.603. The van der Waals surface area contributed by atoms with E-state index in [9.17, 15) is 0 Å². The average molecular weight is 880 g/mol. The van der Waals surface area contributed by atoms with E-state index in [2.05, 4.69) is 235 Å². The molecule has 3 heteroatoms. The first-order valence-corrected chi connectivity index (χ1v) is 24.5. The summed E-state index contributed by atoms with van der Waals surface area (Å²) in [5.74, 6) is 0.0767. The van der Waals surface area contributed by atoms with Crippen LogP contribution in [0, 0.1) is 5.92 Å². The predicted octanol–water partition coefficient (Wildman–Crippen LogP) is 17.3. The van der Waals surface area contributed by atoms with Crippen LogP contribution in [0.3, 0.4) is 0 Å². The van der Waals surface area contributed by atoms with Gasteiger partial charge in [-0.05, 0) is 124 Å². The van der Waals surface area contributed by atoms with Crippen LogP contribution < -0.4 is 5.32 Å². The molecule has 3 heterocycles. The molecular formula is C66H45N3. The zero-order valence-corrected chi connectivity index (χ0v) is 38.1. The lowest BCUT2D eigenvalue weighted by Gasteiger charge is -2.38. The van der Waals surface area contributed by atoms with Crippen LogP contribution >= 0.6 is 0 Å². The van der Waals surface area contributed by atoms with E-state index in [1.807, 2.05) is 0 Å². The number of rotatable bonds is 5. The maximum Gasteiger partial charge on any atom is 0.126 e. The SMILES string of the molecule is CCC1C(c2cc3c4ccccc4c4ccccc4c3cc2-c2ccc3c4ccccc4n4c5ccccc5c2c34)=NC(c2ccc3c4ccccc4c4ccccc4c3c2)NC1c1ccccc1. The minimum atomic E-state index is -0.305. The van der Waals surface area contributed by atoms with E-state index in [0.29, 0.717) is 0 Å². The lowest BCUT2D eigenvalue weighted by atomic mass is 9.78. The van der Waals surface area contributed by atoms with E-state index in [-0.39, 0.29) is 18.1 Å². The molecule has 1 N–H and O–H groups in total. The summed E-state index contributed by atoms with van der Waals surface area (Å²) in [5, 5.41) is 24.5. The third-order valence-electron chi connectivity index (χ3n) is 15.7. The van der Waals surface area contributed by atoms with Crippen LogP contribution in [0.4, 0.5) is 0 Å². The van der Waals surface area contributed by atoms with Gasteiger partial charge >= 0.3 is 0 Å². The van der Waals surface area contributed by atoms with Crippen molar-refractivity contribution in [3.05, 3.63) is 235 Å². The summed E-state index contributed by atoms with van der Waals surface area (Å²) in [5.41, 5.74) is 11.0. The van der Waals surface area contributed by atoms with Gasteiger partial charge in [-0.3, -0.25) is 10.3 Å². The monoisotopic (exact) mass is 879 g/mol. The second kappa shape index (κ2) is 14.8. The van der Waals surface area contributed by atoms with Crippen LogP contribution in [0.25, 0.3) is 114 Å². The fourth-order valence-corrected chi connectivity index (χ4v) is 12.7. The molecule has 15 rings (SSSR count). The zero-order chi connectivity index (χ0) is 45.3. The van der Waals surface area contributed by atoms with Gasteiger partial charge in [-0.2, -0.15) is 0 Å². The summed E-state index contributed by atoms with van der Waals surface area (Å²) in [6.45, 7) is 2.34. The third-order valence-corrected chi connectivity index (χ3v) is 15.7. The van der Waals surface area contributed by atoms with Crippen molar-refractivity contribution in [1.82, 2.24) is 9.72 Å². The van der Waals surface area contributed by atoms with Crippen molar-refractivity contribution in [2.75, 3.05) is 0 Å². The van der Waals surface area contributed by atoms with Crippen LogP contribution in [0.15, 0.2) is 223 Å². The third kappa shape index (κ3) is 5.51. The normalized spacial score (nSPS) is 16.7. The second-order valence-corrected chi connectivity index (χ2v) is 19.2. The molecule has 3 nitrogen and oxygen atoms in total. The molecule has 0 aliphatic carbocycles. The average Bonchev–Trinajstić information content (AvgIpc) is 3.95. The fraction of sp³-hybridized carbons (Fsp3) is 0.0758. The van der Waals surface area contributed by atoms with Crippen molar-refractivity contribution in [1.29, 1.82) is 0 Å². The van der Waals surface area contributed by atoms with Gasteiger partial charge in [0.05, 0.1) is 22.3 Å². The van der Waals surface area contributed by atoms with E-state index in [1.54, 1.807) is 0 Å². The van der Waals surface area contributed by atoms with Crippen molar-refractivity contribution in [2.45, 2.75) is 25.6 Å². The fourth-order valence-electron chi connectivity index (χ4n) is 12.7. The molecule has 0 saturated heterocycles. The smallest absolute Gasteiger partial charge is 0.126 e. The van der Waals surface area contributed by atoms with Crippen LogP contribution in [0.2, 0.25) is 0 Å². The predicted molar refractivity (Wildman–Crippen MR) is 293 cm³/mol. The highest BCUT2D eigenvalue weighted by Gasteiger charge is 2.36. The Morgan fingerprint density at radius 2 is 0.826 bits per heavy atom. The Hall–Kier alpha value is -8.37. The van der Waals surface area contributed by atoms with E-state index < -0.39 is 0 Å². The largest absolute Gasteiger partial charge is 0.308 e. The highest BCUT2D eigenvalue weighted by Crippen LogP contribution is 2.49. The number of hydrogen-bond donors (Lipinski definition) is 1. The van der Waals surface area contributed by atoms with Crippen molar-refractivity contribution in [3.63, 3.8) is 0 Å². The molecule has 0 saturated carbocycles. The topological polar surface area (TPSA) is 28.8 Å². The quantitative estimate of drug-likeness (QED) is 0.171. The second-order valence-electron chi connectivity index (χ2n) is 19.2. The first kappa shape index (κ1) is 38.7.